The number of hydrogen-bond acceptors (Lipinski definition) is 3. The molecule has 4 nitrogen and oxygen atoms in total. The Balaban J connectivity index is 2.41. The molecule has 0 aliphatic heterocycles. The summed E-state index contributed by atoms with van der Waals surface area (Å²) in [6.45, 7) is 2.56. The lowest BCUT2D eigenvalue weighted by atomic mass is 10.1. The second-order valence-electron chi connectivity index (χ2n) is 3.79. The van der Waals surface area contributed by atoms with E-state index in [0.29, 0.717) is 13.0 Å². The van der Waals surface area contributed by atoms with Crippen LogP contribution in [0.4, 0.5) is 0 Å². The van der Waals surface area contributed by atoms with Crippen LogP contribution in [0.25, 0.3) is 0 Å². The van der Waals surface area contributed by atoms with Crippen molar-refractivity contribution in [2.24, 2.45) is 5.73 Å². The molecule has 1 amide bonds. The molecule has 4 heteroatoms. The third kappa shape index (κ3) is 4.40. The van der Waals surface area contributed by atoms with Crippen LogP contribution in [0.5, 0.6) is 0 Å². The summed E-state index contributed by atoms with van der Waals surface area (Å²) < 4.78 is 0. The van der Waals surface area contributed by atoms with Crippen LogP contribution in [0.15, 0.2) is 24.4 Å². The summed E-state index contributed by atoms with van der Waals surface area (Å²) >= 11 is 0. The fourth-order valence-corrected chi connectivity index (χ4v) is 1.54. The number of aromatic nitrogens is 1. The Morgan fingerprint density at radius 1 is 1.56 bits per heavy atom. The molecule has 1 atom stereocenters. The molecular weight excluding hydrogens is 202 g/mol. The molecular formula is C12H19N3O. The summed E-state index contributed by atoms with van der Waals surface area (Å²) in [6, 6.07) is 5.64. The highest BCUT2D eigenvalue weighted by Gasteiger charge is 2.10. The number of nitrogens with zero attached hydrogens (tertiary/aromatic N) is 1. The van der Waals surface area contributed by atoms with Crippen LogP contribution in [-0.2, 0) is 11.2 Å². The number of nitrogens with one attached hydrogen (secondary N) is 1. The number of nitrogens with two attached hydrogens (primary N) is 1. The molecule has 1 heterocycles. The minimum absolute atomic E-state index is 0.0115. The standard InChI is InChI=1S/C12H19N3O/c1-2-5-11(9-13)15-12(16)8-10-6-3-4-7-14-10/h3-4,6-7,11H,2,5,8-9,13H2,1H3,(H,15,16). The van der Waals surface area contributed by atoms with E-state index in [-0.39, 0.29) is 11.9 Å². The molecule has 0 spiro atoms. The second-order valence-corrected chi connectivity index (χ2v) is 3.79. The SMILES string of the molecule is CCCC(CN)NC(=O)Cc1ccccn1. The number of amides is 1. The van der Waals surface area contributed by atoms with Gasteiger partial charge in [0.1, 0.15) is 0 Å². The third-order valence-electron chi connectivity index (χ3n) is 2.35. The lowest BCUT2D eigenvalue weighted by Gasteiger charge is -2.15. The summed E-state index contributed by atoms with van der Waals surface area (Å²) in [6.07, 6.45) is 3.95. The normalized spacial score (nSPS) is 12.1. The average Bonchev–Trinajstić information content (AvgIpc) is 2.29. The van der Waals surface area contributed by atoms with Crippen molar-refractivity contribution < 1.29 is 4.79 Å². The zero-order valence-corrected chi connectivity index (χ0v) is 9.65. The van der Waals surface area contributed by atoms with Gasteiger partial charge in [0.15, 0.2) is 0 Å². The highest BCUT2D eigenvalue weighted by Crippen LogP contribution is 1.98. The number of pyridine rings is 1. The maximum atomic E-state index is 11.6. The van der Waals surface area contributed by atoms with Gasteiger partial charge in [-0.1, -0.05) is 19.4 Å². The molecule has 0 aromatic carbocycles. The monoisotopic (exact) mass is 221 g/mol. The molecule has 1 unspecified atom stereocenters. The Bertz CT molecular complexity index is 313. The highest BCUT2D eigenvalue weighted by molar-refractivity contribution is 5.78. The Morgan fingerprint density at radius 2 is 2.38 bits per heavy atom. The van der Waals surface area contributed by atoms with Crippen molar-refractivity contribution in [2.45, 2.75) is 32.2 Å². The van der Waals surface area contributed by atoms with Gasteiger partial charge in [0.2, 0.25) is 5.91 Å². The molecule has 88 valence electrons. The third-order valence-corrected chi connectivity index (χ3v) is 2.35. The molecule has 0 aliphatic rings. The first-order chi connectivity index (χ1) is 7.76. The van der Waals surface area contributed by atoms with Crippen LogP contribution in [0.2, 0.25) is 0 Å². The number of hydrogen-bond donors (Lipinski definition) is 2. The summed E-state index contributed by atoms with van der Waals surface area (Å²) in [5.74, 6) is -0.0115. The second kappa shape index (κ2) is 6.95. The number of rotatable bonds is 6. The minimum Gasteiger partial charge on any atom is -0.352 e. The maximum absolute atomic E-state index is 11.6. The Labute approximate surface area is 96.3 Å². The lowest BCUT2D eigenvalue weighted by Crippen LogP contribution is -2.40. The van der Waals surface area contributed by atoms with Gasteiger partial charge >= 0.3 is 0 Å². The van der Waals surface area contributed by atoms with E-state index in [2.05, 4.69) is 17.2 Å². The van der Waals surface area contributed by atoms with Crippen LogP contribution in [0, 0.1) is 0 Å². The highest BCUT2D eigenvalue weighted by atomic mass is 16.1. The lowest BCUT2D eigenvalue weighted by molar-refractivity contribution is -0.121. The van der Waals surface area contributed by atoms with Crippen LogP contribution in [0.1, 0.15) is 25.5 Å². The van der Waals surface area contributed by atoms with Gasteiger partial charge in [-0.15, -0.1) is 0 Å². The topological polar surface area (TPSA) is 68.0 Å². The minimum atomic E-state index is -0.0115. The van der Waals surface area contributed by atoms with Gasteiger partial charge in [0, 0.05) is 24.5 Å². The average molecular weight is 221 g/mol. The van der Waals surface area contributed by atoms with Crippen molar-refractivity contribution in [3.05, 3.63) is 30.1 Å². The molecule has 1 rings (SSSR count). The van der Waals surface area contributed by atoms with Crippen molar-refractivity contribution in [1.82, 2.24) is 10.3 Å². The van der Waals surface area contributed by atoms with Gasteiger partial charge in [0.05, 0.1) is 6.42 Å². The fourth-order valence-electron chi connectivity index (χ4n) is 1.54. The Kier molecular flexibility index (Phi) is 5.50. The van der Waals surface area contributed by atoms with Crippen molar-refractivity contribution in [1.29, 1.82) is 0 Å². The van der Waals surface area contributed by atoms with Crippen LogP contribution < -0.4 is 11.1 Å². The zero-order valence-electron chi connectivity index (χ0n) is 9.65. The molecule has 0 aliphatic carbocycles. The molecule has 1 aromatic rings. The first-order valence-electron chi connectivity index (χ1n) is 5.65. The smallest absolute Gasteiger partial charge is 0.226 e. The molecule has 0 saturated heterocycles. The molecule has 0 radical (unpaired) electrons. The Morgan fingerprint density at radius 3 is 2.94 bits per heavy atom. The van der Waals surface area contributed by atoms with Crippen molar-refractivity contribution >= 4 is 5.91 Å². The van der Waals surface area contributed by atoms with Crippen molar-refractivity contribution in [3.8, 4) is 0 Å². The molecule has 16 heavy (non-hydrogen) atoms. The van der Waals surface area contributed by atoms with Crippen LogP contribution >= 0.6 is 0 Å². The summed E-state index contributed by atoms with van der Waals surface area (Å²) in [5, 5.41) is 2.91. The van der Waals surface area contributed by atoms with E-state index in [1.807, 2.05) is 18.2 Å². The molecule has 1 aromatic heterocycles. The van der Waals surface area contributed by atoms with E-state index in [1.54, 1.807) is 6.20 Å². The summed E-state index contributed by atoms with van der Waals surface area (Å²) in [5.41, 5.74) is 6.35. The zero-order chi connectivity index (χ0) is 11.8. The molecule has 0 fully saturated rings. The van der Waals surface area contributed by atoms with E-state index in [1.165, 1.54) is 0 Å². The van der Waals surface area contributed by atoms with Crippen molar-refractivity contribution in [2.75, 3.05) is 6.54 Å². The van der Waals surface area contributed by atoms with Crippen LogP contribution in [-0.4, -0.2) is 23.5 Å². The van der Waals surface area contributed by atoms with E-state index in [0.717, 1.165) is 18.5 Å². The van der Waals surface area contributed by atoms with Gasteiger partial charge in [0.25, 0.3) is 0 Å². The molecule has 3 N–H and O–H groups in total. The molecule has 0 bridgehead atoms. The van der Waals surface area contributed by atoms with Gasteiger partial charge < -0.3 is 11.1 Å². The number of carbonyl (C=O) groups excluding carboxylic acids is 1. The van der Waals surface area contributed by atoms with Crippen LogP contribution in [0.3, 0.4) is 0 Å². The Hall–Kier alpha value is -1.42. The largest absolute Gasteiger partial charge is 0.352 e. The predicted molar refractivity (Wildman–Crippen MR) is 63.8 cm³/mol. The van der Waals surface area contributed by atoms with E-state index < -0.39 is 0 Å². The number of carbonyl (C=O) groups is 1. The fraction of sp³-hybridized carbons (Fsp3) is 0.500. The molecule has 0 saturated carbocycles. The van der Waals surface area contributed by atoms with Gasteiger partial charge in [-0.2, -0.15) is 0 Å². The van der Waals surface area contributed by atoms with Crippen molar-refractivity contribution in [3.63, 3.8) is 0 Å². The van der Waals surface area contributed by atoms with Gasteiger partial charge in [-0.3, -0.25) is 9.78 Å². The maximum Gasteiger partial charge on any atom is 0.226 e. The van der Waals surface area contributed by atoms with E-state index >= 15 is 0 Å². The summed E-state index contributed by atoms with van der Waals surface area (Å²) in [7, 11) is 0. The predicted octanol–water partition coefficient (Wildman–Crippen LogP) is 0.868. The first-order valence-corrected chi connectivity index (χ1v) is 5.65. The quantitative estimate of drug-likeness (QED) is 0.749. The van der Waals surface area contributed by atoms with Gasteiger partial charge in [-0.25, -0.2) is 0 Å². The summed E-state index contributed by atoms with van der Waals surface area (Å²) in [4.78, 5) is 15.8. The van der Waals surface area contributed by atoms with Gasteiger partial charge in [-0.05, 0) is 18.6 Å². The van der Waals surface area contributed by atoms with E-state index in [9.17, 15) is 4.79 Å². The first kappa shape index (κ1) is 12.6. The van der Waals surface area contributed by atoms with E-state index in [4.69, 9.17) is 5.73 Å².